The maximum atomic E-state index is 11.6. The maximum absolute atomic E-state index is 11.6. The van der Waals surface area contributed by atoms with Crippen LogP contribution in [0.5, 0.6) is 5.75 Å². The molecular weight excluding hydrogens is 226 g/mol. The number of hydrogen-bond acceptors (Lipinski definition) is 2. The number of aromatic nitrogens is 1. The first-order valence-electron chi connectivity index (χ1n) is 6.03. The summed E-state index contributed by atoms with van der Waals surface area (Å²) >= 11 is 0. The lowest BCUT2D eigenvalue weighted by Gasteiger charge is -2.12. The van der Waals surface area contributed by atoms with Gasteiger partial charge in [0.15, 0.2) is 0 Å². The van der Waals surface area contributed by atoms with Gasteiger partial charge in [-0.15, -0.1) is 0 Å². The number of rotatable bonds is 3. The van der Waals surface area contributed by atoms with Crippen LogP contribution in [0.2, 0.25) is 0 Å². The van der Waals surface area contributed by atoms with Crippen molar-refractivity contribution in [2.24, 2.45) is 7.05 Å². The van der Waals surface area contributed by atoms with Crippen molar-refractivity contribution in [3.05, 3.63) is 52.3 Å². The molecule has 0 saturated carbocycles. The Labute approximate surface area is 107 Å². The minimum atomic E-state index is 0.000727. The summed E-state index contributed by atoms with van der Waals surface area (Å²) in [6, 6.07) is 11.2. The van der Waals surface area contributed by atoms with Crippen molar-refractivity contribution in [3.63, 3.8) is 0 Å². The molecule has 1 aromatic heterocycles. The van der Waals surface area contributed by atoms with Crippen molar-refractivity contribution in [1.29, 1.82) is 0 Å². The van der Waals surface area contributed by atoms with Crippen LogP contribution in [0.1, 0.15) is 12.5 Å². The van der Waals surface area contributed by atoms with E-state index in [1.165, 1.54) is 0 Å². The summed E-state index contributed by atoms with van der Waals surface area (Å²) < 4.78 is 7.12. The summed E-state index contributed by atoms with van der Waals surface area (Å²) in [5.74, 6) is 0.861. The summed E-state index contributed by atoms with van der Waals surface area (Å²) in [6.45, 7) is 4.64. The van der Waals surface area contributed by atoms with Gasteiger partial charge in [-0.05, 0) is 43.7 Å². The number of hydrogen-bond donors (Lipinski definition) is 0. The predicted molar refractivity (Wildman–Crippen MR) is 73.0 cm³/mol. The van der Waals surface area contributed by atoms with Gasteiger partial charge in [-0.1, -0.05) is 6.07 Å². The van der Waals surface area contributed by atoms with Gasteiger partial charge in [0.05, 0.1) is 12.3 Å². The van der Waals surface area contributed by atoms with E-state index in [9.17, 15) is 4.79 Å². The van der Waals surface area contributed by atoms with E-state index in [0.29, 0.717) is 6.61 Å². The summed E-state index contributed by atoms with van der Waals surface area (Å²) in [4.78, 5) is 11.6. The first-order chi connectivity index (χ1) is 8.63. The highest BCUT2D eigenvalue weighted by Gasteiger charge is 2.06. The molecule has 0 aliphatic heterocycles. The molecule has 0 fully saturated rings. The van der Waals surface area contributed by atoms with Gasteiger partial charge in [-0.3, -0.25) is 4.79 Å². The summed E-state index contributed by atoms with van der Waals surface area (Å²) in [6.07, 6.45) is 0. The lowest BCUT2D eigenvalue weighted by Crippen LogP contribution is -2.16. The quantitative estimate of drug-likeness (QED) is 0.830. The van der Waals surface area contributed by atoms with Crippen LogP contribution in [0.25, 0.3) is 11.3 Å². The molecule has 0 radical (unpaired) electrons. The van der Waals surface area contributed by atoms with E-state index in [0.717, 1.165) is 22.6 Å². The molecule has 0 saturated heterocycles. The van der Waals surface area contributed by atoms with Gasteiger partial charge in [0.2, 0.25) is 0 Å². The number of ether oxygens (including phenoxy) is 1. The lowest BCUT2D eigenvalue weighted by molar-refractivity contribution is 0.340. The molecule has 3 heteroatoms. The largest absolute Gasteiger partial charge is 0.494 e. The Bertz CT molecular complexity index is 614. The molecule has 0 bridgehead atoms. The Balaban J connectivity index is 2.51. The standard InChI is InChI=1S/C15H17NO2/c1-4-18-12-8-9-13(11(2)10-12)14-6-5-7-15(17)16(14)3/h5-10H,4H2,1-3H3. The second-order valence-electron chi connectivity index (χ2n) is 4.22. The zero-order valence-electron chi connectivity index (χ0n) is 10.9. The first-order valence-corrected chi connectivity index (χ1v) is 6.03. The van der Waals surface area contributed by atoms with Crippen LogP contribution in [-0.2, 0) is 7.05 Å². The Morgan fingerprint density at radius 2 is 2.00 bits per heavy atom. The zero-order valence-corrected chi connectivity index (χ0v) is 10.9. The molecule has 0 amide bonds. The monoisotopic (exact) mass is 243 g/mol. The maximum Gasteiger partial charge on any atom is 0.250 e. The van der Waals surface area contributed by atoms with E-state index >= 15 is 0 Å². The van der Waals surface area contributed by atoms with E-state index in [4.69, 9.17) is 4.74 Å². The Morgan fingerprint density at radius 1 is 1.22 bits per heavy atom. The summed E-state index contributed by atoms with van der Waals surface area (Å²) in [5, 5.41) is 0. The molecule has 0 N–H and O–H groups in total. The van der Waals surface area contributed by atoms with Gasteiger partial charge in [0.25, 0.3) is 5.56 Å². The molecule has 0 aliphatic carbocycles. The van der Waals surface area contributed by atoms with Crippen LogP contribution < -0.4 is 10.3 Å². The van der Waals surface area contributed by atoms with Crippen molar-refractivity contribution < 1.29 is 4.74 Å². The minimum absolute atomic E-state index is 0.000727. The van der Waals surface area contributed by atoms with Crippen LogP contribution in [0.3, 0.4) is 0 Å². The number of nitrogens with zero attached hydrogens (tertiary/aromatic N) is 1. The molecule has 0 spiro atoms. The average Bonchev–Trinajstić information content (AvgIpc) is 2.34. The molecule has 94 valence electrons. The molecule has 2 rings (SSSR count). The SMILES string of the molecule is CCOc1ccc(-c2cccc(=O)n2C)c(C)c1. The molecule has 1 aromatic carbocycles. The molecule has 1 heterocycles. The predicted octanol–water partition coefficient (Wildman–Crippen LogP) is 2.76. The normalized spacial score (nSPS) is 10.4. The van der Waals surface area contributed by atoms with E-state index in [2.05, 4.69) is 0 Å². The lowest BCUT2D eigenvalue weighted by atomic mass is 10.0. The van der Waals surface area contributed by atoms with Crippen molar-refractivity contribution in [2.45, 2.75) is 13.8 Å². The Kier molecular flexibility index (Phi) is 3.51. The van der Waals surface area contributed by atoms with Gasteiger partial charge >= 0.3 is 0 Å². The molecular formula is C15H17NO2. The molecule has 2 aromatic rings. The van der Waals surface area contributed by atoms with Gasteiger partial charge in [0, 0.05) is 18.7 Å². The first kappa shape index (κ1) is 12.4. The van der Waals surface area contributed by atoms with Crippen LogP contribution in [0, 0.1) is 6.92 Å². The van der Waals surface area contributed by atoms with Crippen molar-refractivity contribution in [1.82, 2.24) is 4.57 Å². The molecule has 3 nitrogen and oxygen atoms in total. The smallest absolute Gasteiger partial charge is 0.250 e. The molecule has 0 aliphatic rings. The fourth-order valence-electron chi connectivity index (χ4n) is 2.01. The fourth-order valence-corrected chi connectivity index (χ4v) is 2.01. The average molecular weight is 243 g/mol. The highest BCUT2D eigenvalue weighted by atomic mass is 16.5. The minimum Gasteiger partial charge on any atom is -0.494 e. The van der Waals surface area contributed by atoms with E-state index in [-0.39, 0.29) is 5.56 Å². The summed E-state index contributed by atoms with van der Waals surface area (Å²) in [7, 11) is 1.79. The van der Waals surface area contributed by atoms with E-state index < -0.39 is 0 Å². The third-order valence-electron chi connectivity index (χ3n) is 2.97. The van der Waals surface area contributed by atoms with Crippen LogP contribution >= 0.6 is 0 Å². The molecule has 18 heavy (non-hydrogen) atoms. The van der Waals surface area contributed by atoms with E-state index in [1.807, 2.05) is 38.1 Å². The summed E-state index contributed by atoms with van der Waals surface area (Å²) in [5.41, 5.74) is 3.07. The Hall–Kier alpha value is -2.03. The zero-order chi connectivity index (χ0) is 13.1. The molecule has 0 atom stereocenters. The Morgan fingerprint density at radius 3 is 2.67 bits per heavy atom. The van der Waals surface area contributed by atoms with Crippen molar-refractivity contribution in [2.75, 3.05) is 6.61 Å². The number of pyridine rings is 1. The second kappa shape index (κ2) is 5.08. The van der Waals surface area contributed by atoms with Crippen LogP contribution in [-0.4, -0.2) is 11.2 Å². The highest BCUT2D eigenvalue weighted by Crippen LogP contribution is 2.25. The van der Waals surface area contributed by atoms with Gasteiger partial charge < -0.3 is 9.30 Å². The third kappa shape index (κ3) is 2.30. The van der Waals surface area contributed by atoms with Crippen LogP contribution in [0.4, 0.5) is 0 Å². The number of aryl methyl sites for hydroxylation is 1. The van der Waals surface area contributed by atoms with Gasteiger partial charge in [-0.25, -0.2) is 0 Å². The van der Waals surface area contributed by atoms with Gasteiger partial charge in [-0.2, -0.15) is 0 Å². The highest BCUT2D eigenvalue weighted by molar-refractivity contribution is 5.65. The van der Waals surface area contributed by atoms with Crippen molar-refractivity contribution in [3.8, 4) is 17.0 Å². The third-order valence-corrected chi connectivity index (χ3v) is 2.97. The second-order valence-corrected chi connectivity index (χ2v) is 4.22. The topological polar surface area (TPSA) is 31.2 Å². The fraction of sp³-hybridized carbons (Fsp3) is 0.267. The molecule has 0 unspecified atom stereocenters. The van der Waals surface area contributed by atoms with Gasteiger partial charge in [0.1, 0.15) is 5.75 Å². The van der Waals surface area contributed by atoms with Crippen LogP contribution in [0.15, 0.2) is 41.2 Å². The number of benzene rings is 1. The van der Waals surface area contributed by atoms with E-state index in [1.54, 1.807) is 23.7 Å². The van der Waals surface area contributed by atoms with Crippen molar-refractivity contribution >= 4 is 0 Å².